The van der Waals surface area contributed by atoms with Crippen molar-refractivity contribution in [3.05, 3.63) is 0 Å². The van der Waals surface area contributed by atoms with Gasteiger partial charge < -0.3 is 10.1 Å². The van der Waals surface area contributed by atoms with Crippen LogP contribution in [-0.2, 0) is 9.53 Å². The van der Waals surface area contributed by atoms with Gasteiger partial charge in [0.15, 0.2) is 0 Å². The molecule has 0 spiro atoms. The van der Waals surface area contributed by atoms with Gasteiger partial charge in [0, 0.05) is 6.04 Å². The van der Waals surface area contributed by atoms with Crippen molar-refractivity contribution in [2.75, 3.05) is 33.3 Å². The number of unbranched alkanes of at least 4 members (excludes halogenated alkanes) is 1. The fourth-order valence-corrected chi connectivity index (χ4v) is 2.15. The minimum atomic E-state index is -0.0850. The van der Waals surface area contributed by atoms with Crippen LogP contribution in [0.1, 0.15) is 39.0 Å². The molecule has 0 aromatic rings. The molecule has 1 aliphatic rings. The number of rotatable bonds is 6. The van der Waals surface area contributed by atoms with E-state index in [1.807, 2.05) is 7.05 Å². The molecule has 100 valence electrons. The number of esters is 1. The van der Waals surface area contributed by atoms with E-state index in [4.69, 9.17) is 4.74 Å². The Kier molecular flexibility index (Phi) is 7.21. The Morgan fingerprint density at radius 3 is 3.00 bits per heavy atom. The van der Waals surface area contributed by atoms with Crippen LogP contribution in [0.25, 0.3) is 0 Å². The zero-order valence-corrected chi connectivity index (χ0v) is 11.2. The summed E-state index contributed by atoms with van der Waals surface area (Å²) < 4.78 is 5.18. The minimum absolute atomic E-state index is 0.0850. The second-order valence-corrected chi connectivity index (χ2v) is 4.82. The normalized spacial score (nSPS) is 21.2. The van der Waals surface area contributed by atoms with Crippen molar-refractivity contribution in [3.63, 3.8) is 0 Å². The summed E-state index contributed by atoms with van der Waals surface area (Å²) in [6.45, 7) is 5.24. The van der Waals surface area contributed by atoms with E-state index in [0.29, 0.717) is 19.2 Å². The molecule has 0 bridgehead atoms. The Labute approximate surface area is 105 Å². The number of carbonyl (C=O) groups is 1. The Morgan fingerprint density at radius 1 is 1.41 bits per heavy atom. The Hall–Kier alpha value is -0.610. The summed E-state index contributed by atoms with van der Waals surface area (Å²) in [5.41, 5.74) is 0. The van der Waals surface area contributed by atoms with E-state index in [2.05, 4.69) is 17.1 Å². The van der Waals surface area contributed by atoms with Crippen LogP contribution >= 0.6 is 0 Å². The maximum absolute atomic E-state index is 11.6. The Balaban J connectivity index is 2.21. The highest BCUT2D eigenvalue weighted by Crippen LogP contribution is 2.11. The van der Waals surface area contributed by atoms with Gasteiger partial charge in [0.05, 0.1) is 13.2 Å². The molecule has 0 aromatic carbocycles. The zero-order chi connectivity index (χ0) is 12.5. The number of hydrogen-bond acceptors (Lipinski definition) is 4. The van der Waals surface area contributed by atoms with Gasteiger partial charge in [0.25, 0.3) is 0 Å². The second-order valence-electron chi connectivity index (χ2n) is 4.82. The highest BCUT2D eigenvalue weighted by atomic mass is 16.5. The van der Waals surface area contributed by atoms with Crippen LogP contribution in [-0.4, -0.2) is 50.2 Å². The molecule has 0 aromatic heterocycles. The first kappa shape index (κ1) is 14.5. The van der Waals surface area contributed by atoms with Crippen LogP contribution in [0.5, 0.6) is 0 Å². The number of nitrogens with zero attached hydrogens (tertiary/aromatic N) is 1. The topological polar surface area (TPSA) is 41.6 Å². The van der Waals surface area contributed by atoms with Gasteiger partial charge in [-0.3, -0.25) is 9.69 Å². The molecule has 0 aliphatic carbocycles. The molecular weight excluding hydrogens is 216 g/mol. The van der Waals surface area contributed by atoms with E-state index >= 15 is 0 Å². The Morgan fingerprint density at radius 2 is 2.24 bits per heavy atom. The summed E-state index contributed by atoms with van der Waals surface area (Å²) in [5.74, 6) is -0.0850. The summed E-state index contributed by atoms with van der Waals surface area (Å²) in [4.78, 5) is 13.7. The first-order chi connectivity index (χ1) is 8.24. The standard InChI is InChI=1S/C13H26N2O2/c1-3-4-10-17-13(16)11-15(2)12-6-5-8-14-9-7-12/h12,14H,3-11H2,1-2H3. The average Bonchev–Trinajstić information content (AvgIpc) is 2.57. The lowest BCUT2D eigenvalue weighted by Crippen LogP contribution is -2.37. The average molecular weight is 242 g/mol. The van der Waals surface area contributed by atoms with E-state index in [1.54, 1.807) is 0 Å². The summed E-state index contributed by atoms with van der Waals surface area (Å²) in [7, 11) is 2.02. The van der Waals surface area contributed by atoms with Crippen LogP contribution in [0.4, 0.5) is 0 Å². The van der Waals surface area contributed by atoms with Crippen LogP contribution in [0.15, 0.2) is 0 Å². The van der Waals surface area contributed by atoms with Gasteiger partial charge in [-0.15, -0.1) is 0 Å². The van der Waals surface area contributed by atoms with Crippen molar-refractivity contribution in [2.45, 2.75) is 45.1 Å². The third-order valence-electron chi connectivity index (χ3n) is 3.31. The molecule has 0 saturated carbocycles. The molecule has 4 heteroatoms. The predicted molar refractivity (Wildman–Crippen MR) is 69.0 cm³/mol. The van der Waals surface area contributed by atoms with Crippen LogP contribution in [0.3, 0.4) is 0 Å². The highest BCUT2D eigenvalue weighted by Gasteiger charge is 2.19. The van der Waals surface area contributed by atoms with Crippen molar-refractivity contribution in [1.82, 2.24) is 10.2 Å². The summed E-state index contributed by atoms with van der Waals surface area (Å²) in [6.07, 6.45) is 5.52. The van der Waals surface area contributed by atoms with E-state index in [1.165, 1.54) is 12.8 Å². The number of likely N-dealkylation sites (N-methyl/N-ethyl adjacent to an activating group) is 1. The van der Waals surface area contributed by atoms with Crippen molar-refractivity contribution < 1.29 is 9.53 Å². The number of hydrogen-bond donors (Lipinski definition) is 1. The molecule has 1 N–H and O–H groups in total. The van der Waals surface area contributed by atoms with E-state index in [-0.39, 0.29) is 5.97 Å². The maximum Gasteiger partial charge on any atom is 0.320 e. The SMILES string of the molecule is CCCCOC(=O)CN(C)C1CCCNCC1. The fraction of sp³-hybridized carbons (Fsp3) is 0.923. The molecule has 1 atom stereocenters. The Bertz CT molecular complexity index is 213. The number of carbonyl (C=O) groups excluding carboxylic acids is 1. The van der Waals surface area contributed by atoms with Crippen molar-refractivity contribution in [2.24, 2.45) is 0 Å². The molecule has 1 aliphatic heterocycles. The molecule has 1 rings (SSSR count). The van der Waals surface area contributed by atoms with Gasteiger partial charge in [0.1, 0.15) is 0 Å². The molecule has 1 heterocycles. The summed E-state index contributed by atoms with van der Waals surface area (Å²) >= 11 is 0. The zero-order valence-electron chi connectivity index (χ0n) is 11.2. The molecule has 1 unspecified atom stereocenters. The lowest BCUT2D eigenvalue weighted by molar-refractivity contribution is -0.145. The predicted octanol–water partition coefficient (Wildman–Crippen LogP) is 1.40. The van der Waals surface area contributed by atoms with Crippen molar-refractivity contribution >= 4 is 5.97 Å². The lowest BCUT2D eigenvalue weighted by Gasteiger charge is -2.25. The quantitative estimate of drug-likeness (QED) is 0.565. The first-order valence-electron chi connectivity index (χ1n) is 6.80. The molecule has 0 amide bonds. The van der Waals surface area contributed by atoms with Crippen LogP contribution in [0.2, 0.25) is 0 Å². The van der Waals surface area contributed by atoms with E-state index < -0.39 is 0 Å². The maximum atomic E-state index is 11.6. The van der Waals surface area contributed by atoms with Gasteiger partial charge in [0.2, 0.25) is 0 Å². The minimum Gasteiger partial charge on any atom is -0.465 e. The van der Waals surface area contributed by atoms with Crippen molar-refractivity contribution in [3.8, 4) is 0 Å². The molecular formula is C13H26N2O2. The van der Waals surface area contributed by atoms with E-state index in [0.717, 1.165) is 32.4 Å². The third kappa shape index (κ3) is 6.03. The molecule has 1 saturated heterocycles. The number of nitrogens with one attached hydrogen (secondary N) is 1. The second kappa shape index (κ2) is 8.48. The largest absolute Gasteiger partial charge is 0.465 e. The first-order valence-corrected chi connectivity index (χ1v) is 6.80. The van der Waals surface area contributed by atoms with Gasteiger partial charge in [-0.05, 0) is 45.8 Å². The molecule has 4 nitrogen and oxygen atoms in total. The lowest BCUT2D eigenvalue weighted by atomic mass is 10.1. The molecule has 0 radical (unpaired) electrons. The van der Waals surface area contributed by atoms with Crippen molar-refractivity contribution in [1.29, 1.82) is 0 Å². The van der Waals surface area contributed by atoms with Gasteiger partial charge >= 0.3 is 5.97 Å². The monoisotopic (exact) mass is 242 g/mol. The van der Waals surface area contributed by atoms with Crippen LogP contribution in [0, 0.1) is 0 Å². The van der Waals surface area contributed by atoms with E-state index in [9.17, 15) is 4.79 Å². The summed E-state index contributed by atoms with van der Waals surface area (Å²) in [5, 5.41) is 3.38. The fourth-order valence-electron chi connectivity index (χ4n) is 2.15. The smallest absolute Gasteiger partial charge is 0.320 e. The van der Waals surface area contributed by atoms with Gasteiger partial charge in [-0.25, -0.2) is 0 Å². The molecule has 17 heavy (non-hydrogen) atoms. The number of ether oxygens (including phenoxy) is 1. The third-order valence-corrected chi connectivity index (χ3v) is 3.31. The van der Waals surface area contributed by atoms with Gasteiger partial charge in [-0.2, -0.15) is 0 Å². The van der Waals surface area contributed by atoms with Gasteiger partial charge in [-0.1, -0.05) is 13.3 Å². The van der Waals surface area contributed by atoms with Crippen LogP contribution < -0.4 is 5.32 Å². The highest BCUT2D eigenvalue weighted by molar-refractivity contribution is 5.71. The summed E-state index contributed by atoms with van der Waals surface area (Å²) in [6, 6.07) is 0.517. The molecule has 1 fully saturated rings.